The van der Waals surface area contributed by atoms with E-state index in [0.717, 1.165) is 5.82 Å². The van der Waals surface area contributed by atoms with Crippen molar-refractivity contribution in [2.75, 3.05) is 6.61 Å². The quantitative estimate of drug-likeness (QED) is 0.787. The number of aromatic nitrogens is 4. The molecule has 2 aliphatic heterocycles. The van der Waals surface area contributed by atoms with Crippen LogP contribution in [0.3, 0.4) is 0 Å². The van der Waals surface area contributed by atoms with Crippen molar-refractivity contribution in [2.24, 2.45) is 7.05 Å². The number of nitrogens with zero attached hydrogens (tertiary/aromatic N) is 4. The highest BCUT2D eigenvalue weighted by Gasteiger charge is 2.50. The van der Waals surface area contributed by atoms with E-state index in [0.29, 0.717) is 13.2 Å². The molecule has 2 aromatic heterocycles. The molecule has 2 bridgehead atoms. The lowest BCUT2D eigenvalue weighted by molar-refractivity contribution is -0.165. The zero-order chi connectivity index (χ0) is 15.1. The second-order valence-electron chi connectivity index (χ2n) is 5.73. The number of aliphatic hydroxyl groups excluding tert-OH is 1. The number of rotatable bonds is 4. The molecule has 8 nitrogen and oxygen atoms in total. The molecule has 0 saturated carbocycles. The van der Waals surface area contributed by atoms with Gasteiger partial charge in [-0.15, -0.1) is 0 Å². The summed E-state index contributed by atoms with van der Waals surface area (Å²) in [5.41, 5.74) is 0. The smallest absolute Gasteiger partial charge is 0.181 e. The van der Waals surface area contributed by atoms with Crippen LogP contribution in [-0.2, 0) is 23.1 Å². The van der Waals surface area contributed by atoms with E-state index < -0.39 is 12.4 Å². The summed E-state index contributed by atoms with van der Waals surface area (Å²) in [6.45, 7) is 1.04. The lowest BCUT2D eigenvalue weighted by atomic mass is 9.96. The number of ether oxygens (including phenoxy) is 2. The standard InChI is InChI=1S/C14H19N5O3/c1-18-4-3-16-10(18)6-17-11-9-7-21-14(22-9)12(13(11)20)19-5-2-15-8-19/h2-5,8-9,11-14,17,20H,6-7H2,1H3. The van der Waals surface area contributed by atoms with Crippen molar-refractivity contribution < 1.29 is 14.6 Å². The maximum atomic E-state index is 10.8. The van der Waals surface area contributed by atoms with E-state index >= 15 is 0 Å². The maximum Gasteiger partial charge on any atom is 0.181 e. The third-order valence-corrected chi connectivity index (χ3v) is 4.42. The minimum absolute atomic E-state index is 0.153. The summed E-state index contributed by atoms with van der Waals surface area (Å²) >= 11 is 0. The third kappa shape index (κ3) is 2.24. The van der Waals surface area contributed by atoms with Crippen molar-refractivity contribution in [1.82, 2.24) is 24.4 Å². The molecule has 0 spiro atoms. The van der Waals surface area contributed by atoms with Crippen molar-refractivity contribution in [3.05, 3.63) is 36.9 Å². The number of hydrogen-bond acceptors (Lipinski definition) is 6. The molecule has 8 heteroatoms. The van der Waals surface area contributed by atoms with Gasteiger partial charge in [0.15, 0.2) is 6.29 Å². The maximum absolute atomic E-state index is 10.8. The van der Waals surface area contributed by atoms with E-state index in [9.17, 15) is 5.11 Å². The molecule has 2 aromatic rings. The predicted octanol–water partition coefficient (Wildman–Crippen LogP) is -0.568. The van der Waals surface area contributed by atoms with E-state index in [4.69, 9.17) is 9.47 Å². The predicted molar refractivity (Wildman–Crippen MR) is 75.7 cm³/mol. The van der Waals surface area contributed by atoms with Crippen LogP contribution in [0.15, 0.2) is 31.1 Å². The van der Waals surface area contributed by atoms with Crippen LogP contribution in [-0.4, -0.2) is 55.4 Å². The monoisotopic (exact) mass is 305 g/mol. The minimum atomic E-state index is -0.624. The molecular weight excluding hydrogens is 286 g/mol. The average molecular weight is 305 g/mol. The first-order valence-corrected chi connectivity index (χ1v) is 7.36. The summed E-state index contributed by atoms with van der Waals surface area (Å²) in [5, 5.41) is 14.1. The molecule has 0 amide bonds. The van der Waals surface area contributed by atoms with Gasteiger partial charge in [-0.2, -0.15) is 0 Å². The third-order valence-electron chi connectivity index (χ3n) is 4.42. The first-order valence-electron chi connectivity index (χ1n) is 7.36. The average Bonchev–Trinajstić information content (AvgIpc) is 3.22. The zero-order valence-corrected chi connectivity index (χ0v) is 12.2. The fourth-order valence-electron chi connectivity index (χ4n) is 3.19. The van der Waals surface area contributed by atoms with Crippen molar-refractivity contribution in [3.63, 3.8) is 0 Å². The van der Waals surface area contributed by atoms with E-state index in [2.05, 4.69) is 15.3 Å². The molecule has 2 aliphatic rings. The van der Waals surface area contributed by atoms with Crippen LogP contribution in [0, 0.1) is 0 Å². The highest BCUT2D eigenvalue weighted by Crippen LogP contribution is 2.35. The van der Waals surface area contributed by atoms with Crippen LogP contribution in [0.25, 0.3) is 0 Å². The number of imidazole rings is 2. The summed E-state index contributed by atoms with van der Waals surface area (Å²) < 4.78 is 15.4. The summed E-state index contributed by atoms with van der Waals surface area (Å²) in [5.74, 6) is 0.910. The second-order valence-corrected chi connectivity index (χ2v) is 5.73. The van der Waals surface area contributed by atoms with Crippen molar-refractivity contribution in [3.8, 4) is 0 Å². The van der Waals surface area contributed by atoms with Crippen LogP contribution < -0.4 is 5.32 Å². The van der Waals surface area contributed by atoms with Gasteiger partial charge in [-0.1, -0.05) is 0 Å². The Labute approximate surface area is 127 Å². The molecule has 4 heterocycles. The molecule has 0 aromatic carbocycles. The normalized spacial score (nSPS) is 34.2. The molecule has 2 N–H and O–H groups in total. The number of aliphatic hydroxyl groups is 1. The van der Waals surface area contributed by atoms with Crippen LogP contribution in [0.4, 0.5) is 0 Å². The Morgan fingerprint density at radius 1 is 1.41 bits per heavy atom. The summed E-state index contributed by atoms with van der Waals surface area (Å²) in [7, 11) is 1.95. The number of hydrogen-bond donors (Lipinski definition) is 2. The van der Waals surface area contributed by atoms with Crippen LogP contribution in [0.1, 0.15) is 11.9 Å². The molecule has 0 radical (unpaired) electrons. The van der Waals surface area contributed by atoms with Crippen LogP contribution in [0.5, 0.6) is 0 Å². The first-order chi connectivity index (χ1) is 10.7. The molecule has 5 atom stereocenters. The Morgan fingerprint density at radius 2 is 2.32 bits per heavy atom. The molecular formula is C14H19N5O3. The molecule has 4 rings (SSSR count). The van der Waals surface area contributed by atoms with Crippen molar-refractivity contribution in [1.29, 1.82) is 0 Å². The largest absolute Gasteiger partial charge is 0.389 e. The van der Waals surface area contributed by atoms with Crippen molar-refractivity contribution >= 4 is 0 Å². The molecule has 2 fully saturated rings. The molecule has 118 valence electrons. The van der Waals surface area contributed by atoms with Gasteiger partial charge >= 0.3 is 0 Å². The fraction of sp³-hybridized carbons (Fsp3) is 0.571. The van der Waals surface area contributed by atoms with E-state index in [1.807, 2.05) is 28.6 Å². The molecule has 0 aliphatic carbocycles. The van der Waals surface area contributed by atoms with Gasteiger partial charge in [0, 0.05) is 31.8 Å². The van der Waals surface area contributed by atoms with Crippen LogP contribution in [0.2, 0.25) is 0 Å². The first kappa shape index (κ1) is 13.9. The lowest BCUT2D eigenvalue weighted by Crippen LogP contribution is -2.57. The van der Waals surface area contributed by atoms with Gasteiger partial charge in [-0.05, 0) is 0 Å². The number of aryl methyl sites for hydroxylation is 1. The number of fused-ring (bicyclic) bond motifs is 2. The number of nitrogens with one attached hydrogen (secondary N) is 1. The lowest BCUT2D eigenvalue weighted by Gasteiger charge is -2.39. The highest BCUT2D eigenvalue weighted by molar-refractivity contribution is 5.02. The Bertz CT molecular complexity index is 628. The summed E-state index contributed by atoms with van der Waals surface area (Å²) in [4.78, 5) is 8.33. The van der Waals surface area contributed by atoms with Gasteiger partial charge in [-0.25, -0.2) is 9.97 Å². The SMILES string of the molecule is Cn1ccnc1CNC1C2COC(O2)C(n2ccnc2)C1O. The van der Waals surface area contributed by atoms with Crippen LogP contribution >= 0.6 is 0 Å². The minimum Gasteiger partial charge on any atom is -0.389 e. The van der Waals surface area contributed by atoms with E-state index in [1.54, 1.807) is 18.7 Å². The zero-order valence-electron chi connectivity index (χ0n) is 12.2. The molecule has 2 saturated heterocycles. The Kier molecular flexibility index (Phi) is 3.45. The van der Waals surface area contributed by atoms with Crippen molar-refractivity contribution in [2.45, 2.75) is 37.1 Å². The van der Waals surface area contributed by atoms with Gasteiger partial charge in [0.2, 0.25) is 0 Å². The fourth-order valence-corrected chi connectivity index (χ4v) is 3.19. The Morgan fingerprint density at radius 3 is 3.05 bits per heavy atom. The van der Waals surface area contributed by atoms with Gasteiger partial charge in [0.1, 0.15) is 18.0 Å². The van der Waals surface area contributed by atoms with Gasteiger partial charge in [0.25, 0.3) is 0 Å². The molecule has 22 heavy (non-hydrogen) atoms. The van der Waals surface area contributed by atoms with Gasteiger partial charge in [0.05, 0.1) is 31.6 Å². The topological polar surface area (TPSA) is 86.4 Å². The van der Waals surface area contributed by atoms with Gasteiger partial charge < -0.3 is 29.0 Å². The summed E-state index contributed by atoms with van der Waals surface area (Å²) in [6.07, 6.45) is 7.62. The Balaban J connectivity index is 1.52. The molecule has 5 unspecified atom stereocenters. The van der Waals surface area contributed by atoms with Gasteiger partial charge in [-0.3, -0.25) is 0 Å². The second kappa shape index (κ2) is 5.47. The van der Waals surface area contributed by atoms with E-state index in [-0.39, 0.29) is 18.2 Å². The highest BCUT2D eigenvalue weighted by atomic mass is 16.7. The summed E-state index contributed by atoms with van der Waals surface area (Å²) in [6, 6.07) is -0.525. The van der Waals surface area contributed by atoms with E-state index in [1.165, 1.54) is 0 Å². The Hall–Kier alpha value is -1.74.